The number of nitrogens with one attached hydrogen (secondary N) is 1. The fourth-order valence-electron chi connectivity index (χ4n) is 0.875. The summed E-state index contributed by atoms with van der Waals surface area (Å²) in [5.41, 5.74) is 1.34. The van der Waals surface area contributed by atoms with Gasteiger partial charge in [-0.25, -0.2) is 0 Å². The van der Waals surface area contributed by atoms with Crippen LogP contribution in [0.15, 0.2) is 27.9 Å². The number of thiophene rings is 1. The molecule has 1 aromatic rings. The first-order valence-corrected chi connectivity index (χ1v) is 5.54. The zero-order valence-electron chi connectivity index (χ0n) is 6.85. The highest BCUT2D eigenvalue weighted by Gasteiger charge is 1.94. The van der Waals surface area contributed by atoms with Gasteiger partial charge in [0.25, 0.3) is 0 Å². The van der Waals surface area contributed by atoms with Crippen LogP contribution in [0.25, 0.3) is 0 Å². The normalized spacial score (nSPS) is 10.1. The van der Waals surface area contributed by atoms with E-state index in [-0.39, 0.29) is 0 Å². The van der Waals surface area contributed by atoms with E-state index in [2.05, 4.69) is 39.3 Å². The minimum absolute atomic E-state index is 0.954. The third kappa shape index (κ3) is 3.52. The molecule has 3 heteroatoms. The lowest BCUT2D eigenvalue weighted by Crippen LogP contribution is -2.13. The predicted molar refractivity (Wildman–Crippen MR) is 58.5 cm³/mol. The van der Waals surface area contributed by atoms with Crippen LogP contribution in [0, 0.1) is 0 Å². The van der Waals surface area contributed by atoms with E-state index in [1.54, 1.807) is 11.3 Å². The predicted octanol–water partition coefficient (Wildman–Crippen LogP) is 3.18. The number of rotatable bonds is 5. The minimum atomic E-state index is 0.954. The van der Waals surface area contributed by atoms with Gasteiger partial charge in [0.2, 0.25) is 0 Å². The Bertz CT molecular complexity index is 244. The Morgan fingerprint density at radius 1 is 1.67 bits per heavy atom. The summed E-state index contributed by atoms with van der Waals surface area (Å²) in [6.07, 6.45) is 2.96. The Hall–Kier alpha value is -0.120. The van der Waals surface area contributed by atoms with Crippen LogP contribution in [0.3, 0.4) is 0 Å². The quantitative estimate of drug-likeness (QED) is 0.621. The maximum atomic E-state index is 3.66. The van der Waals surface area contributed by atoms with Gasteiger partial charge < -0.3 is 5.32 Å². The fourth-order valence-corrected chi connectivity index (χ4v) is 2.08. The average Bonchev–Trinajstić information content (AvgIpc) is 2.45. The standard InChI is InChI=1S/C9H12BrNS/c1-2-3-4-11-6-8-5-9(10)12-7-8/h2,5,7,11H,1,3-4,6H2. The first-order valence-electron chi connectivity index (χ1n) is 3.87. The monoisotopic (exact) mass is 245 g/mol. The third-order valence-corrected chi connectivity index (χ3v) is 3.03. The number of hydrogen-bond donors (Lipinski definition) is 1. The first-order chi connectivity index (χ1) is 5.83. The highest BCUT2D eigenvalue weighted by atomic mass is 79.9. The maximum Gasteiger partial charge on any atom is 0.0701 e. The highest BCUT2D eigenvalue weighted by Crippen LogP contribution is 2.20. The molecule has 0 spiro atoms. The summed E-state index contributed by atoms with van der Waals surface area (Å²) in [6.45, 7) is 5.63. The van der Waals surface area contributed by atoms with Gasteiger partial charge >= 0.3 is 0 Å². The SMILES string of the molecule is C=CCCNCc1csc(Br)c1. The van der Waals surface area contributed by atoms with Gasteiger partial charge in [0, 0.05) is 6.54 Å². The van der Waals surface area contributed by atoms with Crippen molar-refractivity contribution in [3.8, 4) is 0 Å². The Balaban J connectivity index is 2.19. The Kier molecular flexibility index (Phi) is 4.58. The Morgan fingerprint density at radius 3 is 3.08 bits per heavy atom. The van der Waals surface area contributed by atoms with Gasteiger partial charge in [-0.15, -0.1) is 17.9 Å². The van der Waals surface area contributed by atoms with E-state index < -0.39 is 0 Å². The number of halogens is 1. The van der Waals surface area contributed by atoms with Crippen LogP contribution < -0.4 is 5.32 Å². The third-order valence-electron chi connectivity index (χ3n) is 1.48. The maximum absolute atomic E-state index is 3.66. The molecule has 0 bridgehead atoms. The molecule has 12 heavy (non-hydrogen) atoms. The second kappa shape index (κ2) is 5.51. The molecule has 0 amide bonds. The van der Waals surface area contributed by atoms with E-state index in [0.29, 0.717) is 0 Å². The molecule has 0 saturated heterocycles. The van der Waals surface area contributed by atoms with E-state index in [1.807, 2.05) is 6.08 Å². The second-order valence-electron chi connectivity index (χ2n) is 2.51. The summed E-state index contributed by atoms with van der Waals surface area (Å²) in [5, 5.41) is 5.49. The van der Waals surface area contributed by atoms with Gasteiger partial charge in [0.05, 0.1) is 3.79 Å². The largest absolute Gasteiger partial charge is 0.312 e. The van der Waals surface area contributed by atoms with Crippen LogP contribution in [-0.4, -0.2) is 6.54 Å². The fraction of sp³-hybridized carbons (Fsp3) is 0.333. The van der Waals surface area contributed by atoms with Gasteiger partial charge in [-0.2, -0.15) is 0 Å². The molecular formula is C9H12BrNS. The van der Waals surface area contributed by atoms with Crippen molar-refractivity contribution < 1.29 is 0 Å². The van der Waals surface area contributed by atoms with Crippen molar-refractivity contribution in [3.63, 3.8) is 0 Å². The van der Waals surface area contributed by atoms with Crippen molar-refractivity contribution in [1.29, 1.82) is 0 Å². The van der Waals surface area contributed by atoms with Crippen LogP contribution >= 0.6 is 27.3 Å². The van der Waals surface area contributed by atoms with Crippen molar-refractivity contribution >= 4 is 27.3 Å². The molecule has 1 heterocycles. The molecule has 0 saturated carbocycles. The van der Waals surface area contributed by atoms with Crippen molar-refractivity contribution in [2.24, 2.45) is 0 Å². The van der Waals surface area contributed by atoms with E-state index in [9.17, 15) is 0 Å². The van der Waals surface area contributed by atoms with Gasteiger partial charge in [-0.3, -0.25) is 0 Å². The van der Waals surface area contributed by atoms with Gasteiger partial charge in [0.1, 0.15) is 0 Å². The summed E-state index contributed by atoms with van der Waals surface area (Å²) >= 11 is 5.15. The van der Waals surface area contributed by atoms with Gasteiger partial charge in [-0.05, 0) is 45.9 Å². The lowest BCUT2D eigenvalue weighted by molar-refractivity contribution is 0.697. The molecule has 0 unspecified atom stereocenters. The molecule has 1 aromatic heterocycles. The van der Waals surface area contributed by atoms with Crippen LogP contribution in [0.1, 0.15) is 12.0 Å². The zero-order valence-corrected chi connectivity index (χ0v) is 9.25. The van der Waals surface area contributed by atoms with Gasteiger partial charge in [-0.1, -0.05) is 6.08 Å². The summed E-state index contributed by atoms with van der Waals surface area (Å²) in [7, 11) is 0. The molecule has 1 nitrogen and oxygen atoms in total. The average molecular weight is 246 g/mol. The second-order valence-corrected chi connectivity index (χ2v) is 4.80. The molecule has 1 N–H and O–H groups in total. The summed E-state index contributed by atoms with van der Waals surface area (Å²) in [6, 6.07) is 2.14. The highest BCUT2D eigenvalue weighted by molar-refractivity contribution is 9.11. The van der Waals surface area contributed by atoms with Crippen molar-refractivity contribution in [1.82, 2.24) is 5.32 Å². The van der Waals surface area contributed by atoms with Crippen LogP contribution in [-0.2, 0) is 6.54 Å². The zero-order chi connectivity index (χ0) is 8.81. The summed E-state index contributed by atoms with van der Waals surface area (Å²) in [5.74, 6) is 0. The molecule has 0 aliphatic rings. The van der Waals surface area contributed by atoms with Crippen LogP contribution in [0.2, 0.25) is 0 Å². The van der Waals surface area contributed by atoms with E-state index in [4.69, 9.17) is 0 Å². The van der Waals surface area contributed by atoms with Crippen LogP contribution in [0.4, 0.5) is 0 Å². The van der Waals surface area contributed by atoms with Crippen molar-refractivity contribution in [2.75, 3.05) is 6.54 Å². The van der Waals surface area contributed by atoms with Crippen molar-refractivity contribution in [2.45, 2.75) is 13.0 Å². The lowest BCUT2D eigenvalue weighted by Gasteiger charge is -1.98. The number of hydrogen-bond acceptors (Lipinski definition) is 2. The Morgan fingerprint density at radius 2 is 2.50 bits per heavy atom. The Labute approximate surface area is 85.6 Å². The summed E-state index contributed by atoms with van der Waals surface area (Å²) < 4.78 is 1.20. The molecule has 0 atom stereocenters. The molecule has 66 valence electrons. The lowest BCUT2D eigenvalue weighted by atomic mass is 10.3. The smallest absolute Gasteiger partial charge is 0.0701 e. The first kappa shape index (κ1) is 9.96. The van der Waals surface area contributed by atoms with Crippen molar-refractivity contribution in [3.05, 3.63) is 33.5 Å². The molecule has 0 fully saturated rings. The van der Waals surface area contributed by atoms with E-state index in [0.717, 1.165) is 19.5 Å². The van der Waals surface area contributed by atoms with E-state index >= 15 is 0 Å². The van der Waals surface area contributed by atoms with Gasteiger partial charge in [0.15, 0.2) is 0 Å². The molecular weight excluding hydrogens is 234 g/mol. The van der Waals surface area contributed by atoms with Crippen LogP contribution in [0.5, 0.6) is 0 Å². The molecule has 1 rings (SSSR count). The summed E-state index contributed by atoms with van der Waals surface area (Å²) in [4.78, 5) is 0. The molecule has 0 aliphatic heterocycles. The van der Waals surface area contributed by atoms with E-state index in [1.165, 1.54) is 9.35 Å². The molecule has 0 radical (unpaired) electrons. The molecule has 0 aliphatic carbocycles. The topological polar surface area (TPSA) is 12.0 Å². The molecule has 0 aromatic carbocycles. The minimum Gasteiger partial charge on any atom is -0.312 e.